The van der Waals surface area contributed by atoms with E-state index in [1.165, 1.54) is 16.6 Å². The number of aromatic nitrogens is 2. The Morgan fingerprint density at radius 2 is 1.90 bits per heavy atom. The van der Waals surface area contributed by atoms with Gasteiger partial charge in [0.2, 0.25) is 5.91 Å². The third-order valence-electron chi connectivity index (χ3n) is 4.71. The molecule has 0 aliphatic carbocycles. The van der Waals surface area contributed by atoms with E-state index in [2.05, 4.69) is 34.3 Å². The highest BCUT2D eigenvalue weighted by Gasteiger charge is 2.18. The number of anilines is 1. The molecule has 158 valence electrons. The molecule has 0 atom stereocenters. The molecule has 0 unspecified atom stereocenters. The molecule has 1 N–H and O–H groups in total. The van der Waals surface area contributed by atoms with E-state index in [9.17, 15) is 4.79 Å². The maximum Gasteiger partial charge on any atom is 0.234 e. The van der Waals surface area contributed by atoms with Gasteiger partial charge in [0.25, 0.3) is 0 Å². The van der Waals surface area contributed by atoms with E-state index < -0.39 is 0 Å². The zero-order valence-corrected chi connectivity index (χ0v) is 19.0. The first-order valence-electron chi connectivity index (χ1n) is 9.55. The van der Waals surface area contributed by atoms with Gasteiger partial charge in [0.15, 0.2) is 0 Å². The number of carbonyl (C=O) groups excluding carboxylic acids is 1. The number of rotatable bonds is 7. The predicted octanol–water partition coefficient (Wildman–Crippen LogP) is 5.41. The second-order valence-electron chi connectivity index (χ2n) is 6.66. The average molecular weight is 452 g/mol. The second-order valence-corrected chi connectivity index (χ2v) is 8.83. The highest BCUT2D eigenvalue weighted by molar-refractivity contribution is 8.00. The molecule has 2 aromatic heterocycles. The quantitative estimate of drug-likeness (QED) is 0.299. The molecule has 0 saturated carbocycles. The third-order valence-corrected chi connectivity index (χ3v) is 6.72. The van der Waals surface area contributed by atoms with Crippen molar-refractivity contribution in [3.8, 4) is 22.6 Å². The number of carbonyl (C=O) groups is 1. The van der Waals surface area contributed by atoms with Crippen LogP contribution in [0.15, 0.2) is 59.9 Å². The van der Waals surface area contributed by atoms with Crippen molar-refractivity contribution >= 4 is 44.9 Å². The molecule has 8 heteroatoms. The maximum atomic E-state index is 12.7. The molecule has 2 aromatic carbocycles. The number of hydrogen-bond acceptors (Lipinski definition) is 7. The van der Waals surface area contributed by atoms with E-state index >= 15 is 0 Å². The first kappa shape index (κ1) is 21.1. The third kappa shape index (κ3) is 4.50. The van der Waals surface area contributed by atoms with Gasteiger partial charge in [0, 0.05) is 16.5 Å². The van der Waals surface area contributed by atoms with Gasteiger partial charge in [-0.2, -0.15) is 0 Å². The lowest BCUT2D eigenvalue weighted by Gasteiger charge is -2.12. The van der Waals surface area contributed by atoms with Crippen LogP contribution >= 0.6 is 23.1 Å². The minimum atomic E-state index is -0.156. The molecule has 4 aromatic rings. The number of amides is 1. The van der Waals surface area contributed by atoms with Crippen molar-refractivity contribution in [1.29, 1.82) is 0 Å². The molecule has 4 rings (SSSR count). The van der Waals surface area contributed by atoms with Crippen LogP contribution in [-0.2, 0) is 4.79 Å². The summed E-state index contributed by atoms with van der Waals surface area (Å²) < 4.78 is 10.6. The zero-order valence-electron chi connectivity index (χ0n) is 17.3. The van der Waals surface area contributed by atoms with Crippen molar-refractivity contribution in [3.63, 3.8) is 0 Å². The Morgan fingerprint density at radius 1 is 1.10 bits per heavy atom. The molecule has 0 saturated heterocycles. The Bertz CT molecular complexity index is 1230. The number of thioether (sulfide) groups is 1. The van der Waals surface area contributed by atoms with Gasteiger partial charge < -0.3 is 14.8 Å². The Balaban J connectivity index is 1.58. The number of nitrogens with zero attached hydrogens (tertiary/aromatic N) is 2. The van der Waals surface area contributed by atoms with Gasteiger partial charge in [-0.05, 0) is 24.6 Å². The Hall–Kier alpha value is -3.10. The molecule has 0 spiro atoms. The van der Waals surface area contributed by atoms with Gasteiger partial charge >= 0.3 is 0 Å². The smallest absolute Gasteiger partial charge is 0.234 e. The zero-order chi connectivity index (χ0) is 21.8. The van der Waals surface area contributed by atoms with Crippen molar-refractivity contribution < 1.29 is 14.3 Å². The van der Waals surface area contributed by atoms with E-state index in [-0.39, 0.29) is 11.7 Å². The summed E-state index contributed by atoms with van der Waals surface area (Å²) in [4.78, 5) is 23.7. The highest BCUT2D eigenvalue weighted by atomic mass is 32.2. The molecule has 31 heavy (non-hydrogen) atoms. The lowest BCUT2D eigenvalue weighted by Crippen LogP contribution is -2.15. The maximum absolute atomic E-state index is 12.7. The van der Waals surface area contributed by atoms with Crippen molar-refractivity contribution in [2.24, 2.45) is 0 Å². The summed E-state index contributed by atoms with van der Waals surface area (Å²) in [5.41, 5.74) is 2.81. The van der Waals surface area contributed by atoms with E-state index in [1.54, 1.807) is 50.1 Å². The summed E-state index contributed by atoms with van der Waals surface area (Å²) in [6.45, 7) is 2.09. The lowest BCUT2D eigenvalue weighted by molar-refractivity contribution is -0.113. The van der Waals surface area contributed by atoms with E-state index in [0.29, 0.717) is 17.2 Å². The van der Waals surface area contributed by atoms with Gasteiger partial charge in [-0.15, -0.1) is 11.3 Å². The minimum absolute atomic E-state index is 0.156. The van der Waals surface area contributed by atoms with Crippen LogP contribution in [0.4, 0.5) is 5.69 Å². The number of thiophene rings is 1. The fraction of sp³-hybridized carbons (Fsp3) is 0.174. The largest absolute Gasteiger partial charge is 0.497 e. The normalized spacial score (nSPS) is 10.8. The van der Waals surface area contributed by atoms with Crippen molar-refractivity contribution in [1.82, 2.24) is 9.97 Å². The molecule has 1 amide bonds. The second kappa shape index (κ2) is 9.36. The van der Waals surface area contributed by atoms with Crippen molar-refractivity contribution in [3.05, 3.63) is 59.7 Å². The van der Waals surface area contributed by atoms with E-state index in [0.717, 1.165) is 26.4 Å². The molecule has 0 aliphatic rings. The predicted molar refractivity (Wildman–Crippen MR) is 126 cm³/mol. The van der Waals surface area contributed by atoms with Crippen molar-refractivity contribution in [2.75, 3.05) is 25.3 Å². The van der Waals surface area contributed by atoms with Crippen LogP contribution in [0.2, 0.25) is 0 Å². The van der Waals surface area contributed by atoms with Crippen LogP contribution in [0.1, 0.15) is 4.88 Å². The molecule has 0 fully saturated rings. The number of methoxy groups -OCH3 is 2. The molecule has 0 bridgehead atoms. The summed E-state index contributed by atoms with van der Waals surface area (Å²) >= 11 is 3.03. The van der Waals surface area contributed by atoms with Crippen LogP contribution in [0.5, 0.6) is 11.5 Å². The lowest BCUT2D eigenvalue weighted by atomic mass is 10.0. The average Bonchev–Trinajstić information content (AvgIpc) is 3.14. The molecule has 0 aliphatic heterocycles. The van der Waals surface area contributed by atoms with Gasteiger partial charge in [-0.1, -0.05) is 42.1 Å². The summed E-state index contributed by atoms with van der Waals surface area (Å²) in [6.07, 6.45) is 1.55. The topological polar surface area (TPSA) is 73.3 Å². The monoisotopic (exact) mass is 451 g/mol. The summed E-state index contributed by atoms with van der Waals surface area (Å²) in [5, 5.41) is 4.69. The molecular weight excluding hydrogens is 430 g/mol. The van der Waals surface area contributed by atoms with E-state index in [1.807, 2.05) is 18.2 Å². The summed E-state index contributed by atoms with van der Waals surface area (Å²) in [5.74, 6) is 1.26. The number of ether oxygens (including phenoxy) is 2. The fourth-order valence-corrected chi connectivity index (χ4v) is 5.19. The van der Waals surface area contributed by atoms with Gasteiger partial charge in [-0.3, -0.25) is 4.79 Å². The fourth-order valence-electron chi connectivity index (χ4n) is 3.31. The number of hydrogen-bond donors (Lipinski definition) is 1. The van der Waals surface area contributed by atoms with Gasteiger partial charge in [-0.25, -0.2) is 9.97 Å². The molecule has 6 nitrogen and oxygen atoms in total. The number of fused-ring (bicyclic) bond motifs is 1. The highest BCUT2D eigenvalue weighted by Crippen LogP contribution is 2.41. The Morgan fingerprint density at radius 3 is 2.65 bits per heavy atom. The molecular formula is C23H21N3O3S2. The minimum Gasteiger partial charge on any atom is -0.497 e. The van der Waals surface area contributed by atoms with Crippen LogP contribution in [-0.4, -0.2) is 35.8 Å². The van der Waals surface area contributed by atoms with E-state index in [4.69, 9.17) is 9.47 Å². The summed E-state index contributed by atoms with van der Waals surface area (Å²) in [6, 6.07) is 15.5. The van der Waals surface area contributed by atoms with Gasteiger partial charge in [0.1, 0.15) is 27.7 Å². The first-order valence-corrected chi connectivity index (χ1v) is 11.3. The first-order chi connectivity index (χ1) is 15.1. The standard InChI is InChI=1S/C23H21N3O3S2/c1-14-20(15-7-5-4-6-8-15)21-22(24-13-25-23(21)31-14)30-12-19(27)26-17-11-16(28-2)9-10-18(17)29-3/h4-11,13H,12H2,1-3H3,(H,26,27). The Labute approximate surface area is 188 Å². The molecule has 2 heterocycles. The van der Waals surface area contributed by atoms with Crippen LogP contribution in [0.25, 0.3) is 21.3 Å². The van der Waals surface area contributed by atoms with Crippen molar-refractivity contribution in [2.45, 2.75) is 11.9 Å². The number of aryl methyl sites for hydroxylation is 1. The van der Waals surface area contributed by atoms with Gasteiger partial charge in [0.05, 0.1) is 31.0 Å². The molecule has 0 radical (unpaired) electrons. The SMILES string of the molecule is COc1ccc(OC)c(NC(=O)CSc2ncnc3sc(C)c(-c4ccccc4)c23)c1. The Kier molecular flexibility index (Phi) is 6.39. The van der Waals surface area contributed by atoms with Crippen LogP contribution < -0.4 is 14.8 Å². The van der Waals surface area contributed by atoms with Crippen LogP contribution in [0, 0.1) is 6.92 Å². The number of benzene rings is 2. The summed E-state index contributed by atoms with van der Waals surface area (Å²) in [7, 11) is 3.14. The van der Waals surface area contributed by atoms with Crippen LogP contribution in [0.3, 0.4) is 0 Å². The number of nitrogens with one attached hydrogen (secondary N) is 1.